The largest absolute Gasteiger partial charge is 0.493 e. The summed E-state index contributed by atoms with van der Waals surface area (Å²) in [5.41, 5.74) is 4.66. The Labute approximate surface area is 196 Å². The van der Waals surface area contributed by atoms with Crippen molar-refractivity contribution < 1.29 is 17.9 Å². The molecule has 6 nitrogen and oxygen atoms in total. The monoisotopic (exact) mass is 466 g/mol. The van der Waals surface area contributed by atoms with Crippen molar-refractivity contribution in [2.24, 2.45) is 0 Å². The predicted molar refractivity (Wildman–Crippen MR) is 129 cm³/mol. The predicted octanol–water partition coefficient (Wildman–Crippen LogP) is 4.09. The molecule has 0 saturated heterocycles. The molecule has 7 heteroatoms. The molecule has 33 heavy (non-hydrogen) atoms. The van der Waals surface area contributed by atoms with Crippen LogP contribution in [0.3, 0.4) is 0 Å². The first-order chi connectivity index (χ1) is 15.9. The van der Waals surface area contributed by atoms with Gasteiger partial charge in [0.25, 0.3) is 0 Å². The van der Waals surface area contributed by atoms with Crippen LogP contribution in [0.5, 0.6) is 11.5 Å². The summed E-state index contributed by atoms with van der Waals surface area (Å²) in [6.45, 7) is 3.91. The molecule has 1 N–H and O–H groups in total. The Hall–Kier alpha value is -2.87. The first-order valence-electron chi connectivity index (χ1n) is 11.0. The number of methoxy groups -OCH3 is 2. The summed E-state index contributed by atoms with van der Waals surface area (Å²) in [6.07, 6.45) is 0.851. The lowest BCUT2D eigenvalue weighted by atomic mass is 9.91. The molecule has 0 aromatic heterocycles. The van der Waals surface area contributed by atoms with Gasteiger partial charge in [0.05, 0.1) is 19.1 Å². The van der Waals surface area contributed by atoms with Crippen LogP contribution in [0.2, 0.25) is 0 Å². The highest BCUT2D eigenvalue weighted by molar-refractivity contribution is 7.89. The van der Waals surface area contributed by atoms with Gasteiger partial charge in [0.2, 0.25) is 10.0 Å². The zero-order valence-electron chi connectivity index (χ0n) is 19.2. The van der Waals surface area contributed by atoms with Crippen molar-refractivity contribution in [2.75, 3.05) is 27.3 Å². The maximum Gasteiger partial charge on any atom is 0.240 e. The molecule has 0 saturated carbocycles. The van der Waals surface area contributed by atoms with Crippen molar-refractivity contribution in [2.45, 2.75) is 30.8 Å². The van der Waals surface area contributed by atoms with E-state index in [0.29, 0.717) is 11.5 Å². The van der Waals surface area contributed by atoms with Gasteiger partial charge in [0.1, 0.15) is 0 Å². The van der Waals surface area contributed by atoms with Gasteiger partial charge in [-0.3, -0.25) is 4.90 Å². The lowest BCUT2D eigenvalue weighted by molar-refractivity contribution is 0.176. The summed E-state index contributed by atoms with van der Waals surface area (Å²) in [5, 5.41) is 0. The highest BCUT2D eigenvalue weighted by Gasteiger charge is 2.30. The second kappa shape index (κ2) is 9.95. The SMILES string of the molecule is COc1cc2c(cc1OC)C(CNS(=O)(=O)c1ccccc1)N(Cc1ccccc1C)CC2. The molecule has 0 fully saturated rings. The maximum atomic E-state index is 13.0. The van der Waals surface area contributed by atoms with Crippen LogP contribution in [-0.4, -0.2) is 40.6 Å². The van der Waals surface area contributed by atoms with Gasteiger partial charge in [-0.25, -0.2) is 13.1 Å². The fraction of sp³-hybridized carbons (Fsp3) is 0.308. The van der Waals surface area contributed by atoms with Gasteiger partial charge < -0.3 is 9.47 Å². The summed E-state index contributed by atoms with van der Waals surface area (Å²) in [5.74, 6) is 1.33. The summed E-state index contributed by atoms with van der Waals surface area (Å²) >= 11 is 0. The fourth-order valence-electron chi connectivity index (χ4n) is 4.39. The van der Waals surface area contributed by atoms with Crippen LogP contribution in [0, 0.1) is 6.92 Å². The zero-order chi connectivity index (χ0) is 23.4. The second-order valence-electron chi connectivity index (χ2n) is 8.23. The van der Waals surface area contributed by atoms with Crippen LogP contribution in [-0.2, 0) is 23.0 Å². The molecule has 0 spiro atoms. The second-order valence-corrected chi connectivity index (χ2v) is 10.0. The van der Waals surface area contributed by atoms with Crippen molar-refractivity contribution in [3.8, 4) is 11.5 Å². The fourth-order valence-corrected chi connectivity index (χ4v) is 5.45. The minimum absolute atomic E-state index is 0.147. The lowest BCUT2D eigenvalue weighted by Gasteiger charge is -2.38. The Bertz CT molecular complexity index is 1210. The molecule has 1 atom stereocenters. The number of benzene rings is 3. The van der Waals surface area contributed by atoms with Gasteiger partial charge in [-0.2, -0.15) is 0 Å². The molecule has 3 aromatic carbocycles. The molecule has 0 bridgehead atoms. The first kappa shape index (κ1) is 23.3. The number of sulfonamides is 1. The Kier molecular flexibility index (Phi) is 7.02. The average molecular weight is 467 g/mol. The van der Waals surface area contributed by atoms with Crippen molar-refractivity contribution in [3.63, 3.8) is 0 Å². The molecule has 4 rings (SSSR count). The molecule has 0 amide bonds. The lowest BCUT2D eigenvalue weighted by Crippen LogP contribution is -2.41. The highest BCUT2D eigenvalue weighted by Crippen LogP contribution is 2.38. The quantitative estimate of drug-likeness (QED) is 0.542. The molecule has 0 radical (unpaired) electrons. The average Bonchev–Trinajstić information content (AvgIpc) is 2.84. The third kappa shape index (κ3) is 5.05. The molecule has 1 aliphatic heterocycles. The normalized spacial score (nSPS) is 16.3. The van der Waals surface area contributed by atoms with E-state index in [1.54, 1.807) is 44.6 Å². The first-order valence-corrected chi connectivity index (χ1v) is 12.5. The molecular formula is C26H30N2O4S. The third-order valence-corrected chi connectivity index (χ3v) is 7.71. The standard InChI is InChI=1S/C26H30N2O4S/c1-19-9-7-8-10-21(19)18-28-14-13-20-15-25(31-2)26(32-3)16-23(20)24(28)17-27-33(29,30)22-11-5-4-6-12-22/h4-12,15-16,24,27H,13-14,17-18H2,1-3H3. The molecule has 3 aromatic rings. The van der Waals surface area contributed by atoms with E-state index in [1.807, 2.05) is 24.3 Å². The van der Waals surface area contributed by atoms with Gasteiger partial charge in [0.15, 0.2) is 11.5 Å². The van der Waals surface area contributed by atoms with Gasteiger partial charge >= 0.3 is 0 Å². The number of fused-ring (bicyclic) bond motifs is 1. The molecule has 1 heterocycles. The van der Waals surface area contributed by atoms with E-state index in [-0.39, 0.29) is 17.5 Å². The number of nitrogens with one attached hydrogen (secondary N) is 1. The maximum absolute atomic E-state index is 13.0. The zero-order valence-corrected chi connectivity index (χ0v) is 20.1. The van der Waals surface area contributed by atoms with Gasteiger partial charge in [0, 0.05) is 25.7 Å². The Morgan fingerprint density at radius 2 is 1.64 bits per heavy atom. The molecule has 174 valence electrons. The number of rotatable bonds is 8. The summed E-state index contributed by atoms with van der Waals surface area (Å²) in [7, 11) is -0.383. The highest BCUT2D eigenvalue weighted by atomic mass is 32.2. The number of hydrogen-bond donors (Lipinski definition) is 1. The smallest absolute Gasteiger partial charge is 0.240 e. The van der Waals surface area contributed by atoms with E-state index in [0.717, 1.165) is 30.6 Å². The Morgan fingerprint density at radius 3 is 2.33 bits per heavy atom. The minimum Gasteiger partial charge on any atom is -0.493 e. The van der Waals surface area contributed by atoms with E-state index in [9.17, 15) is 8.42 Å². The van der Waals surface area contributed by atoms with Crippen LogP contribution >= 0.6 is 0 Å². The van der Waals surface area contributed by atoms with Crippen LogP contribution < -0.4 is 14.2 Å². The van der Waals surface area contributed by atoms with E-state index < -0.39 is 10.0 Å². The number of aryl methyl sites for hydroxylation is 1. The van der Waals surface area contributed by atoms with Gasteiger partial charge in [-0.05, 0) is 59.9 Å². The number of nitrogens with zero attached hydrogens (tertiary/aromatic N) is 1. The van der Waals surface area contributed by atoms with Crippen molar-refractivity contribution >= 4 is 10.0 Å². The molecule has 1 aliphatic rings. The van der Waals surface area contributed by atoms with E-state index in [4.69, 9.17) is 9.47 Å². The van der Waals surface area contributed by atoms with Gasteiger partial charge in [-0.15, -0.1) is 0 Å². The van der Waals surface area contributed by atoms with E-state index in [2.05, 4.69) is 28.7 Å². The summed E-state index contributed by atoms with van der Waals surface area (Å²) < 4.78 is 39.8. The van der Waals surface area contributed by atoms with Crippen LogP contribution in [0.1, 0.15) is 28.3 Å². The van der Waals surface area contributed by atoms with Crippen molar-refractivity contribution in [1.82, 2.24) is 9.62 Å². The molecule has 0 aliphatic carbocycles. The van der Waals surface area contributed by atoms with E-state index >= 15 is 0 Å². The molecule has 1 unspecified atom stereocenters. The van der Waals surface area contributed by atoms with Crippen LogP contribution in [0.15, 0.2) is 71.6 Å². The van der Waals surface area contributed by atoms with Crippen molar-refractivity contribution in [1.29, 1.82) is 0 Å². The van der Waals surface area contributed by atoms with Crippen molar-refractivity contribution in [3.05, 3.63) is 89.0 Å². The summed E-state index contributed by atoms with van der Waals surface area (Å²) in [4.78, 5) is 2.60. The molecular weight excluding hydrogens is 436 g/mol. The Balaban J connectivity index is 1.68. The van der Waals surface area contributed by atoms with Crippen LogP contribution in [0.4, 0.5) is 0 Å². The van der Waals surface area contributed by atoms with E-state index in [1.165, 1.54) is 11.1 Å². The summed E-state index contributed by atoms with van der Waals surface area (Å²) in [6, 6.07) is 20.6. The topological polar surface area (TPSA) is 67.9 Å². The minimum atomic E-state index is -3.63. The van der Waals surface area contributed by atoms with Crippen LogP contribution in [0.25, 0.3) is 0 Å². The Morgan fingerprint density at radius 1 is 0.970 bits per heavy atom. The number of hydrogen-bond acceptors (Lipinski definition) is 5. The number of ether oxygens (including phenoxy) is 2. The third-order valence-electron chi connectivity index (χ3n) is 6.27. The van der Waals surface area contributed by atoms with Gasteiger partial charge in [-0.1, -0.05) is 42.5 Å².